The normalized spacial score (nSPS) is 12.8. The summed E-state index contributed by atoms with van der Waals surface area (Å²) in [6, 6.07) is 2.12. The van der Waals surface area contributed by atoms with Gasteiger partial charge in [0.1, 0.15) is 5.03 Å². The molecule has 0 fully saturated rings. The van der Waals surface area contributed by atoms with E-state index in [1.165, 1.54) is 18.3 Å². The van der Waals surface area contributed by atoms with Gasteiger partial charge in [-0.1, -0.05) is 0 Å². The third kappa shape index (κ3) is 6.48. The predicted molar refractivity (Wildman–Crippen MR) is 69.9 cm³/mol. The number of carbonyl (C=O) groups excluding carboxylic acids is 1. The van der Waals surface area contributed by atoms with Gasteiger partial charge in [-0.2, -0.15) is 13.2 Å². The molecule has 0 aliphatic rings. The first-order valence-corrected chi connectivity index (χ1v) is 6.74. The number of alkyl halides is 3. The zero-order valence-electron chi connectivity index (χ0n) is 11.0. The second-order valence-corrected chi connectivity index (χ2v) is 5.26. The Labute approximate surface area is 122 Å². The average Bonchev–Trinajstić information content (AvgIpc) is 2.35. The second kappa shape index (κ2) is 7.30. The van der Waals surface area contributed by atoms with Crippen molar-refractivity contribution in [3.8, 4) is 0 Å². The van der Waals surface area contributed by atoms with Gasteiger partial charge in [0, 0.05) is 30.4 Å². The molecule has 1 rings (SSSR count). The number of rotatable bonds is 6. The number of aliphatic carboxylic acids is 1. The van der Waals surface area contributed by atoms with Gasteiger partial charge in [0.05, 0.1) is 5.56 Å². The quantitative estimate of drug-likeness (QED) is 0.787. The average molecular weight is 322 g/mol. The molecule has 0 saturated heterocycles. The summed E-state index contributed by atoms with van der Waals surface area (Å²) in [4.78, 5) is 25.9. The number of nitrogens with zero attached hydrogens (tertiary/aromatic N) is 1. The van der Waals surface area contributed by atoms with Gasteiger partial charge in [-0.25, -0.2) is 4.98 Å². The Balaban J connectivity index is 2.76. The number of halogens is 3. The molecule has 5 nitrogen and oxygen atoms in total. The lowest BCUT2D eigenvalue weighted by Crippen LogP contribution is -2.33. The van der Waals surface area contributed by atoms with E-state index in [4.69, 9.17) is 5.11 Å². The molecule has 1 atom stereocenters. The fourth-order valence-corrected chi connectivity index (χ4v) is 2.07. The summed E-state index contributed by atoms with van der Waals surface area (Å²) in [5, 5.41) is 10.6. The van der Waals surface area contributed by atoms with Gasteiger partial charge in [-0.3, -0.25) is 9.59 Å². The van der Waals surface area contributed by atoms with E-state index < -0.39 is 40.2 Å². The highest BCUT2D eigenvalue weighted by molar-refractivity contribution is 8.00. The molecule has 1 aromatic rings. The smallest absolute Gasteiger partial charge is 0.447 e. The molecule has 0 bridgehead atoms. The number of carboxylic acid groups (broad SMARTS) is 1. The lowest BCUT2D eigenvalue weighted by molar-refractivity contribution is -0.137. The summed E-state index contributed by atoms with van der Waals surface area (Å²) >= 11 is -0.465. The van der Waals surface area contributed by atoms with Crippen molar-refractivity contribution in [2.24, 2.45) is 0 Å². The lowest BCUT2D eigenvalue weighted by atomic mass is 10.1. The van der Waals surface area contributed by atoms with E-state index >= 15 is 0 Å². The minimum atomic E-state index is -4.54. The number of nitrogens with one attached hydrogen (secondary N) is 1. The van der Waals surface area contributed by atoms with Crippen molar-refractivity contribution >= 4 is 23.6 Å². The molecule has 1 amide bonds. The fraction of sp³-hybridized carbons (Fsp3) is 0.417. The molecular weight excluding hydrogens is 309 g/mol. The Morgan fingerprint density at radius 2 is 2.14 bits per heavy atom. The van der Waals surface area contributed by atoms with Crippen LogP contribution in [0.4, 0.5) is 13.2 Å². The minimum absolute atomic E-state index is 0.140. The zero-order valence-corrected chi connectivity index (χ0v) is 11.8. The summed E-state index contributed by atoms with van der Waals surface area (Å²) in [5.74, 6) is -1.72. The van der Waals surface area contributed by atoms with Gasteiger partial charge in [0.15, 0.2) is 0 Å². The van der Waals surface area contributed by atoms with Crippen LogP contribution in [0.1, 0.15) is 30.1 Å². The van der Waals surface area contributed by atoms with Gasteiger partial charge >= 0.3 is 11.5 Å². The Kier molecular flexibility index (Phi) is 6.01. The minimum Gasteiger partial charge on any atom is -0.481 e. The van der Waals surface area contributed by atoms with Crippen LogP contribution in [0.5, 0.6) is 0 Å². The van der Waals surface area contributed by atoms with Crippen LogP contribution in [-0.2, 0) is 4.79 Å². The van der Waals surface area contributed by atoms with Crippen molar-refractivity contribution in [3.05, 3.63) is 23.9 Å². The molecule has 21 heavy (non-hydrogen) atoms. The van der Waals surface area contributed by atoms with E-state index in [1.807, 2.05) is 0 Å². The third-order valence-corrected chi connectivity index (χ3v) is 3.15. The van der Waals surface area contributed by atoms with Crippen molar-refractivity contribution in [3.63, 3.8) is 0 Å². The van der Waals surface area contributed by atoms with Crippen molar-refractivity contribution in [1.29, 1.82) is 0 Å². The molecule has 0 aromatic carbocycles. The Morgan fingerprint density at radius 3 is 2.71 bits per heavy atom. The Hall–Kier alpha value is -1.77. The van der Waals surface area contributed by atoms with Crippen LogP contribution < -0.4 is 5.32 Å². The molecule has 1 heterocycles. The maximum Gasteiger partial charge on any atom is 0.447 e. The number of aromatic nitrogens is 1. The number of amides is 1. The summed E-state index contributed by atoms with van der Waals surface area (Å²) in [5.41, 5.74) is -4.74. The van der Waals surface area contributed by atoms with Crippen LogP contribution in [0.2, 0.25) is 0 Å². The SMILES string of the molecule is CC(CCC(=O)O)NC(=O)c1cccnc1SC(F)(F)F. The largest absolute Gasteiger partial charge is 0.481 e. The van der Waals surface area contributed by atoms with E-state index in [0.717, 1.165) is 0 Å². The summed E-state index contributed by atoms with van der Waals surface area (Å²) in [7, 11) is 0. The number of carbonyl (C=O) groups is 2. The highest BCUT2D eigenvalue weighted by Crippen LogP contribution is 2.37. The molecule has 9 heteroatoms. The predicted octanol–water partition coefficient (Wildman–Crippen LogP) is 2.68. The first kappa shape index (κ1) is 17.3. The van der Waals surface area contributed by atoms with Gasteiger partial charge in [-0.05, 0) is 25.5 Å². The number of pyridine rings is 1. The van der Waals surface area contributed by atoms with Crippen molar-refractivity contribution < 1.29 is 27.9 Å². The standard InChI is InChI=1S/C12H13F3N2O3S/c1-7(4-5-9(18)19)17-10(20)8-3-2-6-16-11(8)21-12(13,14)15/h2-3,6-7H,4-5H2,1H3,(H,17,20)(H,18,19). The molecule has 116 valence electrons. The first-order chi connectivity index (χ1) is 9.69. The van der Waals surface area contributed by atoms with Gasteiger partial charge in [0.2, 0.25) is 0 Å². The molecule has 0 aliphatic carbocycles. The topological polar surface area (TPSA) is 79.3 Å². The third-order valence-electron chi connectivity index (χ3n) is 2.40. The van der Waals surface area contributed by atoms with Crippen molar-refractivity contribution in [1.82, 2.24) is 10.3 Å². The number of thioether (sulfide) groups is 1. The molecule has 0 saturated carbocycles. The van der Waals surface area contributed by atoms with E-state index in [2.05, 4.69) is 10.3 Å². The van der Waals surface area contributed by atoms with Gasteiger partial charge in [0.25, 0.3) is 5.91 Å². The van der Waals surface area contributed by atoms with Crippen LogP contribution >= 0.6 is 11.8 Å². The van der Waals surface area contributed by atoms with E-state index in [0.29, 0.717) is 0 Å². The molecule has 1 aromatic heterocycles. The molecular formula is C12H13F3N2O3S. The highest BCUT2D eigenvalue weighted by atomic mass is 32.2. The number of hydrogen-bond acceptors (Lipinski definition) is 4. The van der Waals surface area contributed by atoms with Crippen LogP contribution in [0.3, 0.4) is 0 Å². The first-order valence-electron chi connectivity index (χ1n) is 5.92. The highest BCUT2D eigenvalue weighted by Gasteiger charge is 2.32. The summed E-state index contributed by atoms with van der Waals surface area (Å²) in [6.45, 7) is 1.58. The second-order valence-electron chi connectivity index (χ2n) is 4.21. The molecule has 0 radical (unpaired) electrons. The number of carboxylic acids is 1. The van der Waals surface area contributed by atoms with Crippen LogP contribution in [0.25, 0.3) is 0 Å². The van der Waals surface area contributed by atoms with Crippen LogP contribution in [-0.4, -0.2) is 33.5 Å². The lowest BCUT2D eigenvalue weighted by Gasteiger charge is -2.14. The Bertz CT molecular complexity index is 523. The maximum atomic E-state index is 12.4. The van der Waals surface area contributed by atoms with E-state index in [-0.39, 0.29) is 18.4 Å². The van der Waals surface area contributed by atoms with Crippen molar-refractivity contribution in [2.75, 3.05) is 0 Å². The number of hydrogen-bond donors (Lipinski definition) is 2. The maximum absolute atomic E-state index is 12.4. The van der Waals surface area contributed by atoms with Gasteiger partial charge in [-0.15, -0.1) is 0 Å². The zero-order chi connectivity index (χ0) is 16.0. The molecule has 1 unspecified atom stereocenters. The van der Waals surface area contributed by atoms with Gasteiger partial charge < -0.3 is 10.4 Å². The van der Waals surface area contributed by atoms with Crippen LogP contribution in [0.15, 0.2) is 23.4 Å². The summed E-state index contributed by atoms with van der Waals surface area (Å²) < 4.78 is 37.1. The van der Waals surface area contributed by atoms with E-state index in [1.54, 1.807) is 6.92 Å². The fourth-order valence-electron chi connectivity index (χ4n) is 1.47. The monoisotopic (exact) mass is 322 g/mol. The van der Waals surface area contributed by atoms with E-state index in [9.17, 15) is 22.8 Å². The Morgan fingerprint density at radius 1 is 1.48 bits per heavy atom. The molecule has 0 aliphatic heterocycles. The molecule has 2 N–H and O–H groups in total. The van der Waals surface area contributed by atoms with Crippen LogP contribution in [0, 0.1) is 0 Å². The molecule has 0 spiro atoms. The summed E-state index contributed by atoms with van der Waals surface area (Å²) in [6.07, 6.45) is 1.21. The van der Waals surface area contributed by atoms with Crippen molar-refractivity contribution in [2.45, 2.75) is 36.3 Å².